The molecule has 1 amide bonds. The fraction of sp³-hybridized carbons (Fsp3) is 0.778. The average Bonchev–Trinajstić information content (AvgIpc) is 2.14. The Hall–Kier alpha value is -0.690. The molecule has 0 spiro atoms. The molecule has 0 aliphatic rings. The Kier molecular flexibility index (Phi) is 6.43. The van der Waals surface area contributed by atoms with E-state index in [0.717, 1.165) is 0 Å². The first-order valence-electron chi connectivity index (χ1n) is 4.43. The Balaban J connectivity index is 4.03. The molecule has 0 aliphatic carbocycles. The van der Waals surface area contributed by atoms with Gasteiger partial charge in [0.25, 0.3) is 0 Å². The van der Waals surface area contributed by atoms with Crippen LogP contribution in [-0.4, -0.2) is 29.6 Å². The van der Waals surface area contributed by atoms with Gasteiger partial charge in [0.05, 0.1) is 12.0 Å². The van der Waals surface area contributed by atoms with Crippen LogP contribution in [0.3, 0.4) is 0 Å². The SMILES string of the molecule is CCN(CC(C)C#N)C(=O)CCS. The van der Waals surface area contributed by atoms with E-state index in [1.54, 1.807) is 4.90 Å². The molecular weight excluding hydrogens is 184 g/mol. The van der Waals surface area contributed by atoms with Gasteiger partial charge in [0, 0.05) is 19.5 Å². The van der Waals surface area contributed by atoms with Crippen molar-refractivity contribution < 1.29 is 4.79 Å². The van der Waals surface area contributed by atoms with Crippen molar-refractivity contribution >= 4 is 18.5 Å². The number of hydrogen-bond acceptors (Lipinski definition) is 3. The second-order valence-corrected chi connectivity index (χ2v) is 3.38. The molecular formula is C9H16N2OS. The summed E-state index contributed by atoms with van der Waals surface area (Å²) in [7, 11) is 0. The highest BCUT2D eigenvalue weighted by atomic mass is 32.1. The van der Waals surface area contributed by atoms with Gasteiger partial charge in [-0.15, -0.1) is 0 Å². The van der Waals surface area contributed by atoms with Crippen molar-refractivity contribution in [1.29, 1.82) is 5.26 Å². The molecule has 0 rings (SSSR count). The molecule has 0 heterocycles. The Labute approximate surface area is 85.1 Å². The van der Waals surface area contributed by atoms with Crippen LogP contribution in [0.25, 0.3) is 0 Å². The molecule has 3 nitrogen and oxygen atoms in total. The molecule has 0 bridgehead atoms. The minimum Gasteiger partial charge on any atom is -0.342 e. The lowest BCUT2D eigenvalue weighted by Gasteiger charge is -2.21. The molecule has 1 atom stereocenters. The zero-order valence-electron chi connectivity index (χ0n) is 8.16. The highest BCUT2D eigenvalue weighted by Gasteiger charge is 2.13. The first-order chi connectivity index (χ1) is 6.15. The first kappa shape index (κ1) is 12.3. The fourth-order valence-electron chi connectivity index (χ4n) is 1.03. The number of rotatable bonds is 5. The quantitative estimate of drug-likeness (QED) is 0.680. The van der Waals surface area contributed by atoms with E-state index in [-0.39, 0.29) is 11.8 Å². The minimum absolute atomic E-state index is 0.0830. The monoisotopic (exact) mass is 200 g/mol. The van der Waals surface area contributed by atoms with Crippen LogP contribution >= 0.6 is 12.6 Å². The second-order valence-electron chi connectivity index (χ2n) is 2.94. The third kappa shape index (κ3) is 4.79. The summed E-state index contributed by atoms with van der Waals surface area (Å²) in [5.41, 5.74) is 0. The summed E-state index contributed by atoms with van der Waals surface area (Å²) in [6.07, 6.45) is 0.453. The number of hydrogen-bond donors (Lipinski definition) is 1. The molecule has 4 heteroatoms. The average molecular weight is 200 g/mol. The number of carbonyl (C=O) groups is 1. The van der Waals surface area contributed by atoms with Gasteiger partial charge >= 0.3 is 0 Å². The summed E-state index contributed by atoms with van der Waals surface area (Å²) in [6, 6.07) is 2.11. The van der Waals surface area contributed by atoms with E-state index in [1.165, 1.54) is 0 Å². The number of thiol groups is 1. The molecule has 1 unspecified atom stereocenters. The molecule has 0 aromatic rings. The standard InChI is InChI=1S/C9H16N2OS/c1-3-11(7-8(2)6-10)9(12)4-5-13/h8,13H,3-5,7H2,1-2H3. The molecule has 0 saturated heterocycles. The first-order valence-corrected chi connectivity index (χ1v) is 5.07. The molecule has 0 radical (unpaired) electrons. The van der Waals surface area contributed by atoms with E-state index in [9.17, 15) is 4.79 Å². The van der Waals surface area contributed by atoms with Crippen molar-refractivity contribution in [3.63, 3.8) is 0 Å². The summed E-state index contributed by atoms with van der Waals surface area (Å²) in [5.74, 6) is 0.555. The topological polar surface area (TPSA) is 44.1 Å². The van der Waals surface area contributed by atoms with Gasteiger partial charge in [-0.3, -0.25) is 4.79 Å². The molecule has 0 aromatic carbocycles. The predicted octanol–water partition coefficient (Wildman–Crippen LogP) is 1.31. The summed E-state index contributed by atoms with van der Waals surface area (Å²) in [5, 5.41) is 8.59. The van der Waals surface area contributed by atoms with Gasteiger partial charge in [0.1, 0.15) is 0 Å². The highest BCUT2D eigenvalue weighted by molar-refractivity contribution is 7.80. The van der Waals surface area contributed by atoms with E-state index in [4.69, 9.17) is 5.26 Å². The molecule has 0 saturated carbocycles. The van der Waals surface area contributed by atoms with Crippen molar-refractivity contribution in [3.8, 4) is 6.07 Å². The van der Waals surface area contributed by atoms with Crippen LogP contribution in [-0.2, 0) is 4.79 Å². The van der Waals surface area contributed by atoms with Crippen LogP contribution in [0, 0.1) is 17.2 Å². The smallest absolute Gasteiger partial charge is 0.223 e. The van der Waals surface area contributed by atoms with Gasteiger partial charge in [-0.25, -0.2) is 0 Å². The van der Waals surface area contributed by atoms with Gasteiger partial charge < -0.3 is 4.90 Å². The zero-order valence-corrected chi connectivity index (χ0v) is 9.05. The zero-order chi connectivity index (χ0) is 10.3. The maximum absolute atomic E-state index is 11.4. The Morgan fingerprint density at radius 1 is 1.69 bits per heavy atom. The van der Waals surface area contributed by atoms with Gasteiger partial charge in [0.15, 0.2) is 0 Å². The van der Waals surface area contributed by atoms with Gasteiger partial charge in [-0.2, -0.15) is 17.9 Å². The lowest BCUT2D eigenvalue weighted by Crippen LogP contribution is -2.34. The number of nitrogens with zero attached hydrogens (tertiary/aromatic N) is 2. The molecule has 0 fully saturated rings. The van der Waals surface area contributed by atoms with E-state index >= 15 is 0 Å². The fourth-order valence-corrected chi connectivity index (χ4v) is 1.22. The second kappa shape index (κ2) is 6.79. The largest absolute Gasteiger partial charge is 0.342 e. The summed E-state index contributed by atoms with van der Waals surface area (Å²) in [4.78, 5) is 13.1. The normalized spacial score (nSPS) is 11.8. The summed E-state index contributed by atoms with van der Waals surface area (Å²) >= 11 is 3.99. The van der Waals surface area contributed by atoms with Crippen molar-refractivity contribution in [3.05, 3.63) is 0 Å². The van der Waals surface area contributed by atoms with E-state index in [1.807, 2.05) is 13.8 Å². The third-order valence-corrected chi connectivity index (χ3v) is 2.00. The van der Waals surface area contributed by atoms with Crippen LogP contribution in [0.1, 0.15) is 20.3 Å². The van der Waals surface area contributed by atoms with E-state index < -0.39 is 0 Å². The predicted molar refractivity (Wildman–Crippen MR) is 55.5 cm³/mol. The van der Waals surface area contributed by atoms with Crippen molar-refractivity contribution in [2.45, 2.75) is 20.3 Å². The van der Waals surface area contributed by atoms with Gasteiger partial charge in [-0.1, -0.05) is 0 Å². The molecule has 0 aromatic heterocycles. The van der Waals surface area contributed by atoms with Gasteiger partial charge in [0.2, 0.25) is 5.91 Å². The van der Waals surface area contributed by atoms with E-state index in [2.05, 4.69) is 18.7 Å². The van der Waals surface area contributed by atoms with Crippen LogP contribution in [0.4, 0.5) is 0 Å². The highest BCUT2D eigenvalue weighted by Crippen LogP contribution is 2.01. The van der Waals surface area contributed by atoms with Gasteiger partial charge in [-0.05, 0) is 19.6 Å². The summed E-state index contributed by atoms with van der Waals surface area (Å²) < 4.78 is 0. The van der Waals surface area contributed by atoms with Crippen LogP contribution in [0.5, 0.6) is 0 Å². The molecule has 13 heavy (non-hydrogen) atoms. The van der Waals surface area contributed by atoms with Crippen LogP contribution in [0.2, 0.25) is 0 Å². The molecule has 0 N–H and O–H groups in total. The Morgan fingerprint density at radius 2 is 2.31 bits per heavy atom. The number of amides is 1. The maximum Gasteiger partial charge on any atom is 0.223 e. The van der Waals surface area contributed by atoms with Crippen LogP contribution in [0.15, 0.2) is 0 Å². The lowest BCUT2D eigenvalue weighted by molar-refractivity contribution is -0.130. The number of carbonyl (C=O) groups excluding carboxylic acids is 1. The van der Waals surface area contributed by atoms with E-state index in [0.29, 0.717) is 25.3 Å². The van der Waals surface area contributed by atoms with Crippen molar-refractivity contribution in [2.24, 2.45) is 5.92 Å². The molecule has 0 aliphatic heterocycles. The van der Waals surface area contributed by atoms with Crippen LogP contribution < -0.4 is 0 Å². The Morgan fingerprint density at radius 3 is 2.69 bits per heavy atom. The maximum atomic E-state index is 11.4. The Bertz CT molecular complexity index is 200. The van der Waals surface area contributed by atoms with Crippen molar-refractivity contribution in [2.75, 3.05) is 18.8 Å². The molecule has 74 valence electrons. The lowest BCUT2D eigenvalue weighted by atomic mass is 10.2. The number of nitriles is 1. The minimum atomic E-state index is -0.0937. The summed E-state index contributed by atoms with van der Waals surface area (Å²) in [6.45, 7) is 4.93. The third-order valence-electron chi connectivity index (χ3n) is 1.77. The van der Waals surface area contributed by atoms with Crippen molar-refractivity contribution in [1.82, 2.24) is 4.90 Å².